The van der Waals surface area contributed by atoms with Crippen LogP contribution in [0.4, 0.5) is 4.79 Å². The van der Waals surface area contributed by atoms with Crippen LogP contribution in [0, 0.1) is 0 Å². The van der Waals surface area contributed by atoms with Gasteiger partial charge in [-0.3, -0.25) is 4.52 Å². The minimum Gasteiger partial charge on any atom is -0.447 e. The standard InChI is InChI=1S/C32H55N2O6PS/c1-3-5-6-7-8-9-10-11-12-13-14-15-16-17-21-33-32(35)38-26-31(37-4-2)27-39-41(36)40-30-20-18-19-29(24-30)25-34-22-23-42-28-34/h18-20,22-24,31,36H,3-17,21,25-28H2,1-2H3,(H,33,35). The average molecular weight is 627 g/mol. The summed E-state index contributed by atoms with van der Waals surface area (Å²) < 4.78 is 22.0. The van der Waals surface area contributed by atoms with Crippen LogP contribution in [0.3, 0.4) is 0 Å². The average Bonchev–Trinajstić information content (AvgIpc) is 3.49. The number of unbranched alkanes of at least 4 members (excludes halogenated alkanes) is 13. The predicted octanol–water partition coefficient (Wildman–Crippen LogP) is 8.89. The minimum absolute atomic E-state index is 0.0401. The molecular formula is C32H55N2O6PS. The zero-order chi connectivity index (χ0) is 30.1. The summed E-state index contributed by atoms with van der Waals surface area (Å²) in [5, 5.41) is 4.89. The third kappa shape index (κ3) is 18.9. The first-order chi connectivity index (χ1) is 20.6. The third-order valence-corrected chi connectivity index (χ3v) is 8.58. The lowest BCUT2D eigenvalue weighted by atomic mass is 10.0. The van der Waals surface area contributed by atoms with Crippen molar-refractivity contribution in [2.24, 2.45) is 0 Å². The Kier molecular flexibility index (Phi) is 21.7. The molecular weight excluding hydrogens is 571 g/mol. The van der Waals surface area contributed by atoms with Gasteiger partial charge in [-0.2, -0.15) is 0 Å². The normalized spacial score (nSPS) is 14.2. The van der Waals surface area contributed by atoms with Gasteiger partial charge in [0.25, 0.3) is 0 Å². The first kappa shape index (κ1) is 36.7. The predicted molar refractivity (Wildman–Crippen MR) is 174 cm³/mol. The van der Waals surface area contributed by atoms with Crippen LogP contribution in [-0.4, -0.2) is 54.2 Å². The molecule has 0 saturated carbocycles. The molecule has 1 aliphatic rings. The summed E-state index contributed by atoms with van der Waals surface area (Å²) in [6, 6.07) is 7.61. The number of alkyl carbamates (subject to hydrolysis) is 1. The minimum atomic E-state index is -2.15. The van der Waals surface area contributed by atoms with Gasteiger partial charge in [-0.25, -0.2) is 4.79 Å². The second-order valence-electron chi connectivity index (χ2n) is 10.8. The van der Waals surface area contributed by atoms with Crippen molar-refractivity contribution >= 4 is 26.5 Å². The molecule has 2 rings (SSSR count). The second-order valence-corrected chi connectivity index (χ2v) is 12.6. The number of rotatable bonds is 26. The molecule has 2 N–H and O–H groups in total. The van der Waals surface area contributed by atoms with Gasteiger partial charge in [0, 0.05) is 25.9 Å². The molecule has 0 aliphatic carbocycles. The Morgan fingerprint density at radius 1 is 0.976 bits per heavy atom. The van der Waals surface area contributed by atoms with Gasteiger partial charge in [0.2, 0.25) is 0 Å². The van der Waals surface area contributed by atoms with E-state index in [9.17, 15) is 9.69 Å². The number of nitrogens with zero attached hydrogens (tertiary/aromatic N) is 1. The van der Waals surface area contributed by atoms with Crippen molar-refractivity contribution in [2.45, 2.75) is 116 Å². The zero-order valence-corrected chi connectivity index (χ0v) is 27.7. The van der Waals surface area contributed by atoms with Crippen molar-refractivity contribution in [3.63, 3.8) is 0 Å². The van der Waals surface area contributed by atoms with Crippen LogP contribution >= 0.6 is 20.4 Å². The molecule has 0 aromatic heterocycles. The van der Waals surface area contributed by atoms with Crippen LogP contribution in [0.15, 0.2) is 35.9 Å². The summed E-state index contributed by atoms with van der Waals surface area (Å²) in [5.41, 5.74) is 1.09. The molecule has 1 aromatic carbocycles. The number of hydrogen-bond donors (Lipinski definition) is 2. The maximum absolute atomic E-state index is 12.1. The van der Waals surface area contributed by atoms with E-state index in [2.05, 4.69) is 28.7 Å². The van der Waals surface area contributed by atoms with E-state index >= 15 is 0 Å². The fraction of sp³-hybridized carbons (Fsp3) is 0.719. The van der Waals surface area contributed by atoms with Gasteiger partial charge >= 0.3 is 14.7 Å². The molecule has 10 heteroatoms. The lowest BCUT2D eigenvalue weighted by molar-refractivity contribution is -0.0151. The van der Waals surface area contributed by atoms with Gasteiger partial charge in [-0.05, 0) is 36.4 Å². The van der Waals surface area contributed by atoms with E-state index in [1.165, 1.54) is 77.0 Å². The Labute approximate surface area is 260 Å². The number of carbonyl (C=O) groups is 1. The summed E-state index contributed by atoms with van der Waals surface area (Å²) in [7, 11) is -2.15. The maximum atomic E-state index is 12.1. The van der Waals surface area contributed by atoms with Gasteiger partial charge < -0.3 is 29.1 Å². The fourth-order valence-electron chi connectivity index (χ4n) is 4.72. The second kappa shape index (κ2) is 24.9. The molecule has 0 saturated heterocycles. The monoisotopic (exact) mass is 626 g/mol. The Bertz CT molecular complexity index is 849. The summed E-state index contributed by atoms with van der Waals surface area (Å²) in [4.78, 5) is 24.6. The molecule has 42 heavy (non-hydrogen) atoms. The van der Waals surface area contributed by atoms with Crippen LogP contribution in [0.1, 0.15) is 109 Å². The highest BCUT2D eigenvalue weighted by molar-refractivity contribution is 8.02. The largest absolute Gasteiger partial charge is 0.447 e. The number of carbonyl (C=O) groups excluding carboxylic acids is 1. The highest BCUT2D eigenvalue weighted by Gasteiger charge is 2.18. The summed E-state index contributed by atoms with van der Waals surface area (Å²) in [5.74, 6) is 1.48. The van der Waals surface area contributed by atoms with Gasteiger partial charge in [0.05, 0.1) is 12.5 Å². The van der Waals surface area contributed by atoms with E-state index in [1.807, 2.05) is 25.1 Å². The van der Waals surface area contributed by atoms with Crippen LogP contribution in [0.5, 0.6) is 5.75 Å². The SMILES string of the molecule is CCCCCCCCCCCCCCCCNC(=O)OCC(COP(O)Oc1cccc(CN2C=CSC2)c1)OCC. The Morgan fingerprint density at radius 2 is 1.64 bits per heavy atom. The Balaban J connectivity index is 1.47. The van der Waals surface area contributed by atoms with Crippen LogP contribution < -0.4 is 9.84 Å². The highest BCUT2D eigenvalue weighted by atomic mass is 32.2. The molecule has 0 fully saturated rings. The number of nitrogens with one attached hydrogen (secondary N) is 1. The topological polar surface area (TPSA) is 89.5 Å². The van der Waals surface area contributed by atoms with E-state index in [0.717, 1.165) is 30.8 Å². The van der Waals surface area contributed by atoms with Crippen LogP contribution in [-0.2, 0) is 20.5 Å². The van der Waals surface area contributed by atoms with E-state index in [4.69, 9.17) is 18.5 Å². The summed E-state index contributed by atoms with van der Waals surface area (Å²) in [6.07, 6.45) is 19.4. The molecule has 1 aromatic rings. The summed E-state index contributed by atoms with van der Waals surface area (Å²) in [6.45, 7) is 6.04. The van der Waals surface area contributed by atoms with Crippen molar-refractivity contribution in [3.8, 4) is 5.75 Å². The van der Waals surface area contributed by atoms with Gasteiger partial charge in [-0.1, -0.05) is 103 Å². The first-order valence-corrected chi connectivity index (χ1v) is 18.2. The number of amides is 1. The number of ether oxygens (including phenoxy) is 2. The van der Waals surface area contributed by atoms with Gasteiger partial charge in [0.15, 0.2) is 0 Å². The Hall–Kier alpha value is -1.51. The van der Waals surface area contributed by atoms with Crippen molar-refractivity contribution in [3.05, 3.63) is 41.4 Å². The molecule has 2 unspecified atom stereocenters. The van der Waals surface area contributed by atoms with Crippen molar-refractivity contribution in [1.29, 1.82) is 0 Å². The van der Waals surface area contributed by atoms with E-state index in [-0.39, 0.29) is 13.2 Å². The van der Waals surface area contributed by atoms with Crippen LogP contribution in [0.25, 0.3) is 0 Å². The van der Waals surface area contributed by atoms with Crippen molar-refractivity contribution in [2.75, 3.05) is 32.2 Å². The smallest absolute Gasteiger partial charge is 0.407 e. The first-order valence-electron chi connectivity index (χ1n) is 16.0. The number of hydrogen-bond acceptors (Lipinski definition) is 8. The highest BCUT2D eigenvalue weighted by Crippen LogP contribution is 2.35. The number of benzene rings is 1. The molecule has 2 atom stereocenters. The van der Waals surface area contributed by atoms with Crippen LogP contribution in [0.2, 0.25) is 0 Å². The Morgan fingerprint density at radius 3 is 2.26 bits per heavy atom. The molecule has 0 radical (unpaired) electrons. The fourth-order valence-corrected chi connectivity index (χ4v) is 6.07. The molecule has 1 heterocycles. The zero-order valence-electron chi connectivity index (χ0n) is 26.0. The van der Waals surface area contributed by atoms with Gasteiger partial charge in [0.1, 0.15) is 18.5 Å². The summed E-state index contributed by atoms with van der Waals surface area (Å²) >= 11 is 1.76. The molecule has 0 spiro atoms. The number of thioether (sulfide) groups is 1. The maximum Gasteiger partial charge on any atom is 0.407 e. The van der Waals surface area contributed by atoms with Gasteiger partial charge in [-0.15, -0.1) is 11.8 Å². The lowest BCUT2D eigenvalue weighted by Gasteiger charge is -2.19. The quantitative estimate of drug-likeness (QED) is 0.0779. The van der Waals surface area contributed by atoms with E-state index < -0.39 is 20.8 Å². The molecule has 240 valence electrons. The molecule has 1 aliphatic heterocycles. The lowest BCUT2D eigenvalue weighted by Crippen LogP contribution is -2.31. The molecule has 0 bridgehead atoms. The molecule has 8 nitrogen and oxygen atoms in total. The molecule has 1 amide bonds. The van der Waals surface area contributed by atoms with Crippen molar-refractivity contribution < 1.29 is 28.2 Å². The van der Waals surface area contributed by atoms with Crippen molar-refractivity contribution in [1.82, 2.24) is 10.2 Å². The third-order valence-electron chi connectivity index (χ3n) is 7.05. The van der Waals surface area contributed by atoms with E-state index in [1.54, 1.807) is 17.8 Å². The van der Waals surface area contributed by atoms with E-state index in [0.29, 0.717) is 18.9 Å².